The van der Waals surface area contributed by atoms with Crippen LogP contribution in [0.1, 0.15) is 23.2 Å². The molecule has 1 atom stereocenters. The van der Waals surface area contributed by atoms with Crippen LogP contribution < -0.4 is 5.32 Å². The molecule has 7 heteroatoms. The lowest BCUT2D eigenvalue weighted by Gasteiger charge is -2.33. The van der Waals surface area contributed by atoms with E-state index in [0.717, 1.165) is 0 Å². The zero-order chi connectivity index (χ0) is 14.8. The number of piperidine rings is 1. The molecule has 1 aliphatic rings. The minimum Gasteiger partial charge on any atom is -0.373 e. The Morgan fingerprint density at radius 2 is 2.25 bits per heavy atom. The third-order valence-corrected chi connectivity index (χ3v) is 3.43. The van der Waals surface area contributed by atoms with E-state index < -0.39 is 12.1 Å². The smallest absolute Gasteiger partial charge is 0.373 e. The lowest BCUT2D eigenvalue weighted by Crippen LogP contribution is -2.44. The maximum Gasteiger partial charge on any atom is 0.393 e. The van der Waals surface area contributed by atoms with E-state index in [1.54, 1.807) is 13.1 Å². The molecule has 1 amide bonds. The molecule has 0 spiro atoms. The third kappa shape index (κ3) is 3.20. The summed E-state index contributed by atoms with van der Waals surface area (Å²) in [6.07, 6.45) is -2.32. The Morgan fingerprint density at radius 1 is 1.50 bits per heavy atom. The first-order valence-electron chi connectivity index (χ1n) is 6.41. The predicted molar refractivity (Wildman–Crippen MR) is 68.5 cm³/mol. The highest BCUT2D eigenvalue weighted by atomic mass is 19.4. The van der Waals surface area contributed by atoms with Crippen LogP contribution in [0.2, 0.25) is 0 Å². The zero-order valence-electron chi connectivity index (χ0n) is 11.1. The topological polar surface area (TPSA) is 45.2 Å². The number of rotatable bonds is 2. The molecule has 20 heavy (non-hydrogen) atoms. The first-order chi connectivity index (χ1) is 9.41. The van der Waals surface area contributed by atoms with Crippen LogP contribution in [-0.2, 0) is 0 Å². The highest BCUT2D eigenvalue weighted by Gasteiger charge is 2.42. The SMILES string of the molecule is CNc1cc(C(=O)N2CCCC(C(F)(F)F)C2)ccn1. The Balaban J connectivity index is 2.12. The van der Waals surface area contributed by atoms with Crippen molar-refractivity contribution in [3.8, 4) is 0 Å². The van der Waals surface area contributed by atoms with E-state index in [9.17, 15) is 18.0 Å². The van der Waals surface area contributed by atoms with Crippen molar-refractivity contribution in [2.45, 2.75) is 19.0 Å². The van der Waals surface area contributed by atoms with Gasteiger partial charge in [-0.15, -0.1) is 0 Å². The van der Waals surface area contributed by atoms with E-state index in [4.69, 9.17) is 0 Å². The van der Waals surface area contributed by atoms with E-state index in [1.165, 1.54) is 17.2 Å². The molecule has 1 aromatic rings. The van der Waals surface area contributed by atoms with Crippen LogP contribution in [0.25, 0.3) is 0 Å². The summed E-state index contributed by atoms with van der Waals surface area (Å²) in [6, 6.07) is 3.06. The predicted octanol–water partition coefficient (Wildman–Crippen LogP) is 2.54. The van der Waals surface area contributed by atoms with Crippen molar-refractivity contribution in [2.75, 3.05) is 25.5 Å². The first-order valence-corrected chi connectivity index (χ1v) is 6.41. The summed E-state index contributed by atoms with van der Waals surface area (Å²) in [5.74, 6) is -1.29. The molecule has 110 valence electrons. The van der Waals surface area contributed by atoms with Gasteiger partial charge >= 0.3 is 6.18 Å². The quantitative estimate of drug-likeness (QED) is 0.909. The molecule has 0 radical (unpaired) electrons. The number of carbonyl (C=O) groups is 1. The van der Waals surface area contributed by atoms with E-state index >= 15 is 0 Å². The number of halogens is 3. The summed E-state index contributed by atoms with van der Waals surface area (Å²) in [6.45, 7) is 0.0994. The first kappa shape index (κ1) is 14.6. The summed E-state index contributed by atoms with van der Waals surface area (Å²) < 4.78 is 38.2. The Kier molecular flexibility index (Phi) is 4.15. The van der Waals surface area contributed by atoms with Crippen molar-refractivity contribution < 1.29 is 18.0 Å². The molecule has 2 rings (SSSR count). The van der Waals surface area contributed by atoms with Crippen molar-refractivity contribution in [1.82, 2.24) is 9.88 Å². The summed E-state index contributed by atoms with van der Waals surface area (Å²) in [5, 5.41) is 2.80. The molecule has 1 aromatic heterocycles. The molecule has 1 saturated heterocycles. The fourth-order valence-corrected chi connectivity index (χ4v) is 2.31. The number of alkyl halides is 3. The molecule has 0 saturated carbocycles. The number of hydrogen-bond donors (Lipinski definition) is 1. The van der Waals surface area contributed by atoms with Crippen LogP contribution in [0.3, 0.4) is 0 Å². The van der Waals surface area contributed by atoms with Crippen molar-refractivity contribution in [1.29, 1.82) is 0 Å². The highest BCUT2D eigenvalue weighted by molar-refractivity contribution is 5.94. The minimum absolute atomic E-state index is 0.0887. The van der Waals surface area contributed by atoms with Gasteiger partial charge in [0.15, 0.2) is 0 Å². The van der Waals surface area contributed by atoms with E-state index in [0.29, 0.717) is 24.3 Å². The summed E-state index contributed by atoms with van der Waals surface area (Å²) in [7, 11) is 1.66. The van der Waals surface area contributed by atoms with Crippen LogP contribution in [0.15, 0.2) is 18.3 Å². The number of anilines is 1. The number of hydrogen-bond acceptors (Lipinski definition) is 3. The maximum atomic E-state index is 12.7. The lowest BCUT2D eigenvalue weighted by molar-refractivity contribution is -0.184. The highest BCUT2D eigenvalue weighted by Crippen LogP contribution is 2.33. The van der Waals surface area contributed by atoms with Gasteiger partial charge in [0.25, 0.3) is 5.91 Å². The van der Waals surface area contributed by atoms with Gasteiger partial charge in [0.2, 0.25) is 0 Å². The van der Waals surface area contributed by atoms with Gasteiger partial charge in [0, 0.05) is 31.9 Å². The minimum atomic E-state index is -4.24. The molecule has 0 aliphatic carbocycles. The van der Waals surface area contributed by atoms with Gasteiger partial charge in [-0.1, -0.05) is 0 Å². The van der Waals surface area contributed by atoms with Gasteiger partial charge in [-0.3, -0.25) is 4.79 Å². The normalized spacial score (nSPS) is 19.8. The molecule has 1 unspecified atom stereocenters. The van der Waals surface area contributed by atoms with Crippen molar-refractivity contribution in [3.05, 3.63) is 23.9 Å². The average molecular weight is 287 g/mol. The number of carbonyl (C=O) groups excluding carboxylic acids is 1. The van der Waals surface area contributed by atoms with E-state index in [-0.39, 0.29) is 18.9 Å². The monoisotopic (exact) mass is 287 g/mol. The number of nitrogens with one attached hydrogen (secondary N) is 1. The fraction of sp³-hybridized carbons (Fsp3) is 0.538. The molecule has 1 fully saturated rings. The van der Waals surface area contributed by atoms with Gasteiger partial charge in [-0.25, -0.2) is 4.98 Å². The molecule has 0 bridgehead atoms. The molecule has 2 heterocycles. The Labute approximate surface area is 115 Å². The standard InChI is InChI=1S/C13H16F3N3O/c1-17-11-7-9(4-5-18-11)12(20)19-6-2-3-10(8-19)13(14,15)16/h4-5,7,10H,2-3,6,8H2,1H3,(H,17,18). The Bertz CT molecular complexity index is 490. The van der Waals surface area contributed by atoms with Crippen LogP contribution in [0.5, 0.6) is 0 Å². The second-order valence-electron chi connectivity index (χ2n) is 4.81. The molecule has 1 N–H and O–H groups in total. The number of amides is 1. The summed E-state index contributed by atoms with van der Waals surface area (Å²) >= 11 is 0. The second kappa shape index (κ2) is 5.68. The number of nitrogens with zero attached hydrogens (tertiary/aromatic N) is 2. The Morgan fingerprint density at radius 3 is 2.90 bits per heavy atom. The second-order valence-corrected chi connectivity index (χ2v) is 4.81. The summed E-state index contributed by atoms with van der Waals surface area (Å²) in [4.78, 5) is 17.5. The number of aromatic nitrogens is 1. The van der Waals surface area contributed by atoms with E-state index in [1.807, 2.05) is 0 Å². The average Bonchev–Trinajstić information content (AvgIpc) is 2.46. The summed E-state index contributed by atoms with van der Waals surface area (Å²) in [5.41, 5.74) is 0.354. The van der Waals surface area contributed by atoms with Crippen LogP contribution in [0.4, 0.5) is 19.0 Å². The van der Waals surface area contributed by atoms with Gasteiger partial charge in [0.05, 0.1) is 5.92 Å². The Hall–Kier alpha value is -1.79. The van der Waals surface area contributed by atoms with Crippen LogP contribution in [0, 0.1) is 5.92 Å². The van der Waals surface area contributed by atoms with Gasteiger partial charge < -0.3 is 10.2 Å². The van der Waals surface area contributed by atoms with Crippen LogP contribution >= 0.6 is 0 Å². The molecule has 1 aliphatic heterocycles. The van der Waals surface area contributed by atoms with Gasteiger partial charge in [-0.2, -0.15) is 13.2 Å². The molecule has 4 nitrogen and oxygen atoms in total. The van der Waals surface area contributed by atoms with Crippen molar-refractivity contribution >= 4 is 11.7 Å². The largest absolute Gasteiger partial charge is 0.393 e. The van der Waals surface area contributed by atoms with E-state index in [2.05, 4.69) is 10.3 Å². The number of likely N-dealkylation sites (tertiary alicyclic amines) is 1. The zero-order valence-corrected chi connectivity index (χ0v) is 11.1. The van der Waals surface area contributed by atoms with Crippen LogP contribution in [-0.4, -0.2) is 42.1 Å². The molecule has 0 aromatic carbocycles. The molecular weight excluding hydrogens is 271 g/mol. The van der Waals surface area contributed by atoms with Crippen molar-refractivity contribution in [3.63, 3.8) is 0 Å². The lowest BCUT2D eigenvalue weighted by atomic mass is 9.97. The fourth-order valence-electron chi connectivity index (χ4n) is 2.31. The van der Waals surface area contributed by atoms with Gasteiger partial charge in [-0.05, 0) is 25.0 Å². The van der Waals surface area contributed by atoms with Gasteiger partial charge in [0.1, 0.15) is 5.82 Å². The maximum absolute atomic E-state index is 12.7. The molecular formula is C13H16F3N3O. The number of pyridine rings is 1. The van der Waals surface area contributed by atoms with Crippen molar-refractivity contribution in [2.24, 2.45) is 5.92 Å². The third-order valence-electron chi connectivity index (χ3n) is 3.43.